The molecule has 2 aliphatic heterocycles. The van der Waals surface area contributed by atoms with Gasteiger partial charge in [0.25, 0.3) is 0 Å². The van der Waals surface area contributed by atoms with E-state index in [1.807, 2.05) is 0 Å². The predicted molar refractivity (Wildman–Crippen MR) is 95.6 cm³/mol. The third-order valence-electron chi connectivity index (χ3n) is 4.64. The maximum absolute atomic E-state index is 6.20. The highest BCUT2D eigenvalue weighted by Gasteiger charge is 2.28. The maximum atomic E-state index is 6.20. The van der Waals surface area contributed by atoms with Gasteiger partial charge in [-0.3, -0.25) is 0 Å². The summed E-state index contributed by atoms with van der Waals surface area (Å²) < 4.78 is 5.78. The lowest BCUT2D eigenvalue weighted by molar-refractivity contribution is 0.363. The average Bonchev–Trinajstić information content (AvgIpc) is 2.99. The monoisotopic (exact) mass is 339 g/mol. The van der Waals surface area contributed by atoms with Crippen molar-refractivity contribution >= 4 is 17.5 Å². The van der Waals surface area contributed by atoms with Crippen molar-refractivity contribution in [3.8, 4) is 5.75 Å². The molecule has 0 radical (unpaired) electrons. The predicted octanol–water partition coefficient (Wildman–Crippen LogP) is 1.11. The van der Waals surface area contributed by atoms with Gasteiger partial charge in [0, 0.05) is 24.8 Å². The van der Waals surface area contributed by atoms with Crippen LogP contribution in [0.15, 0.2) is 29.5 Å². The Labute approximate surface area is 146 Å². The molecule has 0 amide bonds. The molecule has 8 nitrogen and oxygen atoms in total. The fourth-order valence-electron chi connectivity index (χ4n) is 3.00. The molecule has 0 unspecified atom stereocenters. The first kappa shape index (κ1) is 15.8. The van der Waals surface area contributed by atoms with Gasteiger partial charge in [0.1, 0.15) is 11.5 Å². The van der Waals surface area contributed by atoms with Crippen molar-refractivity contribution in [3.05, 3.63) is 35.9 Å². The minimum absolute atomic E-state index is 0.0889. The lowest BCUT2D eigenvalue weighted by Gasteiger charge is -2.37. The standard InChI is InChI=1S/C17H21N7O/c1-17(19)4-7-24(8-5-17)13-10-21-14-11(23-13)9-22-16(14)25-12-3-2-6-20-15(12)18/h2-3,6,10H,4-5,7-9,19H2,1H3,(H2,18,20). The normalized spacial score (nSPS) is 18.6. The van der Waals surface area contributed by atoms with Crippen LogP contribution in [0.5, 0.6) is 5.75 Å². The topological polar surface area (TPSA) is 116 Å². The summed E-state index contributed by atoms with van der Waals surface area (Å²) in [6, 6.07) is 3.51. The molecule has 4 rings (SSSR count). The Balaban J connectivity index is 1.51. The third-order valence-corrected chi connectivity index (χ3v) is 4.64. The number of hydrogen-bond donors (Lipinski definition) is 2. The molecule has 4 N–H and O–H groups in total. The molecule has 0 atom stereocenters. The molecule has 0 aliphatic carbocycles. The van der Waals surface area contributed by atoms with E-state index in [-0.39, 0.29) is 5.54 Å². The van der Waals surface area contributed by atoms with Crippen molar-refractivity contribution in [1.82, 2.24) is 15.0 Å². The summed E-state index contributed by atoms with van der Waals surface area (Å²) in [6.45, 7) is 4.32. The molecule has 0 bridgehead atoms. The van der Waals surface area contributed by atoms with Crippen LogP contribution in [0.3, 0.4) is 0 Å². The number of piperidine rings is 1. The van der Waals surface area contributed by atoms with E-state index >= 15 is 0 Å². The second-order valence-corrected chi connectivity index (χ2v) is 6.77. The first-order valence-electron chi connectivity index (χ1n) is 8.35. The molecule has 1 saturated heterocycles. The van der Waals surface area contributed by atoms with Crippen molar-refractivity contribution in [2.24, 2.45) is 10.7 Å². The molecule has 8 heteroatoms. The van der Waals surface area contributed by atoms with E-state index < -0.39 is 0 Å². The highest BCUT2D eigenvalue weighted by molar-refractivity contribution is 5.97. The van der Waals surface area contributed by atoms with Crippen LogP contribution < -0.4 is 21.1 Å². The van der Waals surface area contributed by atoms with Crippen molar-refractivity contribution in [1.29, 1.82) is 0 Å². The van der Waals surface area contributed by atoms with Crippen LogP contribution in [0, 0.1) is 0 Å². The van der Waals surface area contributed by atoms with Crippen molar-refractivity contribution in [2.75, 3.05) is 23.7 Å². The average molecular weight is 339 g/mol. The van der Waals surface area contributed by atoms with Gasteiger partial charge in [0.15, 0.2) is 11.6 Å². The molecule has 25 heavy (non-hydrogen) atoms. The van der Waals surface area contributed by atoms with Gasteiger partial charge >= 0.3 is 0 Å². The van der Waals surface area contributed by atoms with Gasteiger partial charge in [-0.1, -0.05) is 0 Å². The third kappa shape index (κ3) is 3.12. The summed E-state index contributed by atoms with van der Waals surface area (Å²) in [6.07, 6.45) is 5.27. The highest BCUT2D eigenvalue weighted by atomic mass is 16.5. The molecule has 0 saturated carbocycles. The molecular formula is C17H21N7O. The smallest absolute Gasteiger partial charge is 0.243 e. The van der Waals surface area contributed by atoms with Crippen LogP contribution >= 0.6 is 0 Å². The number of rotatable bonds is 2. The molecule has 2 aromatic heterocycles. The van der Waals surface area contributed by atoms with E-state index in [0.29, 0.717) is 29.7 Å². The van der Waals surface area contributed by atoms with E-state index in [1.54, 1.807) is 24.5 Å². The minimum Gasteiger partial charge on any atom is -0.433 e. The summed E-state index contributed by atoms with van der Waals surface area (Å²) in [4.78, 5) is 19.9. The van der Waals surface area contributed by atoms with Crippen LogP contribution in [0.2, 0.25) is 0 Å². The lowest BCUT2D eigenvalue weighted by atomic mass is 9.91. The van der Waals surface area contributed by atoms with E-state index in [1.165, 1.54) is 0 Å². The zero-order valence-corrected chi connectivity index (χ0v) is 14.1. The first-order valence-corrected chi connectivity index (χ1v) is 8.35. The number of aromatic nitrogens is 3. The van der Waals surface area contributed by atoms with Crippen LogP contribution in [0.25, 0.3) is 0 Å². The van der Waals surface area contributed by atoms with Gasteiger partial charge in [-0.15, -0.1) is 0 Å². The van der Waals surface area contributed by atoms with E-state index in [0.717, 1.165) is 37.4 Å². The van der Waals surface area contributed by atoms with E-state index in [4.69, 9.17) is 21.2 Å². The number of nitrogens with two attached hydrogens (primary N) is 2. The molecule has 130 valence electrons. The molecule has 1 fully saturated rings. The zero-order chi connectivity index (χ0) is 17.4. The molecule has 0 aromatic carbocycles. The Bertz CT molecular complexity index is 823. The summed E-state index contributed by atoms with van der Waals surface area (Å²) in [5, 5.41) is 0. The molecule has 2 aliphatic rings. The van der Waals surface area contributed by atoms with Crippen molar-refractivity contribution in [3.63, 3.8) is 0 Å². The van der Waals surface area contributed by atoms with E-state index in [2.05, 4.69) is 26.8 Å². The molecule has 2 aromatic rings. The Morgan fingerprint density at radius 3 is 2.80 bits per heavy atom. The summed E-state index contributed by atoms with van der Waals surface area (Å²) in [7, 11) is 0. The fourth-order valence-corrected chi connectivity index (χ4v) is 3.00. The Morgan fingerprint density at radius 2 is 2.04 bits per heavy atom. The van der Waals surface area contributed by atoms with Gasteiger partial charge < -0.3 is 21.1 Å². The highest BCUT2D eigenvalue weighted by Crippen LogP contribution is 2.26. The van der Waals surface area contributed by atoms with E-state index in [9.17, 15) is 0 Å². The molecule has 4 heterocycles. The number of fused-ring (bicyclic) bond motifs is 1. The van der Waals surface area contributed by atoms with Gasteiger partial charge in [-0.2, -0.15) is 0 Å². The van der Waals surface area contributed by atoms with Gasteiger partial charge in [-0.05, 0) is 31.9 Å². The molecule has 0 spiro atoms. The van der Waals surface area contributed by atoms with Crippen LogP contribution in [-0.2, 0) is 6.54 Å². The van der Waals surface area contributed by atoms with Crippen LogP contribution in [0.4, 0.5) is 11.6 Å². The second kappa shape index (κ2) is 5.96. The van der Waals surface area contributed by atoms with Crippen molar-refractivity contribution < 1.29 is 4.74 Å². The number of pyridine rings is 1. The Kier molecular flexibility index (Phi) is 3.76. The maximum Gasteiger partial charge on any atom is 0.243 e. The Hall–Kier alpha value is -2.74. The number of aliphatic imine (C=N–C) groups is 1. The Morgan fingerprint density at radius 1 is 1.24 bits per heavy atom. The summed E-state index contributed by atoms with van der Waals surface area (Å²) >= 11 is 0. The number of nitrogens with zero attached hydrogens (tertiary/aromatic N) is 5. The van der Waals surface area contributed by atoms with Gasteiger partial charge in [0.2, 0.25) is 5.90 Å². The lowest BCUT2D eigenvalue weighted by Crippen LogP contribution is -2.48. The van der Waals surface area contributed by atoms with Crippen LogP contribution in [-0.4, -0.2) is 39.5 Å². The molecular weight excluding hydrogens is 318 g/mol. The zero-order valence-electron chi connectivity index (χ0n) is 14.1. The minimum atomic E-state index is -0.0889. The SMILES string of the molecule is CC1(N)CCN(c2cnc3c(n2)CN=C3Oc2cccnc2N)CC1. The van der Waals surface area contributed by atoms with Crippen molar-refractivity contribution in [2.45, 2.75) is 31.8 Å². The largest absolute Gasteiger partial charge is 0.433 e. The number of nitrogen functional groups attached to an aromatic ring is 1. The first-order chi connectivity index (χ1) is 12.0. The fraction of sp³-hybridized carbons (Fsp3) is 0.412. The van der Waals surface area contributed by atoms with Gasteiger partial charge in [0.05, 0.1) is 18.4 Å². The van der Waals surface area contributed by atoms with Gasteiger partial charge in [-0.25, -0.2) is 19.9 Å². The van der Waals surface area contributed by atoms with Crippen LogP contribution in [0.1, 0.15) is 31.2 Å². The quantitative estimate of drug-likeness (QED) is 0.842. The number of ether oxygens (including phenoxy) is 1. The number of hydrogen-bond acceptors (Lipinski definition) is 8. The second-order valence-electron chi connectivity index (χ2n) is 6.77. The summed E-state index contributed by atoms with van der Waals surface area (Å²) in [5.41, 5.74) is 13.4. The number of anilines is 2. The summed E-state index contributed by atoms with van der Waals surface area (Å²) in [5.74, 6) is 2.09.